The van der Waals surface area contributed by atoms with Crippen molar-refractivity contribution >= 4 is 5.91 Å². The van der Waals surface area contributed by atoms with Gasteiger partial charge in [-0.15, -0.1) is 0 Å². The predicted molar refractivity (Wildman–Crippen MR) is 73.5 cm³/mol. The van der Waals surface area contributed by atoms with Crippen molar-refractivity contribution in [2.24, 2.45) is 0 Å². The van der Waals surface area contributed by atoms with Gasteiger partial charge in [0.25, 0.3) is 0 Å². The van der Waals surface area contributed by atoms with Crippen molar-refractivity contribution in [2.45, 2.75) is 45.6 Å². The van der Waals surface area contributed by atoms with Crippen LogP contribution >= 0.6 is 0 Å². The molecule has 0 saturated carbocycles. The zero-order valence-corrected chi connectivity index (χ0v) is 11.4. The lowest BCUT2D eigenvalue weighted by Crippen LogP contribution is -2.33. The molecule has 100 valence electrons. The van der Waals surface area contributed by atoms with Crippen LogP contribution in [-0.4, -0.2) is 23.7 Å². The molecule has 0 aliphatic heterocycles. The summed E-state index contributed by atoms with van der Waals surface area (Å²) < 4.78 is 0. The number of aliphatic hydroxyl groups is 1. The highest BCUT2D eigenvalue weighted by Crippen LogP contribution is 2.18. The third-order valence-electron chi connectivity index (χ3n) is 3.25. The van der Waals surface area contributed by atoms with Gasteiger partial charge >= 0.3 is 0 Å². The molecule has 3 nitrogen and oxygen atoms in total. The summed E-state index contributed by atoms with van der Waals surface area (Å²) in [5, 5.41) is 11.7. The van der Waals surface area contributed by atoms with Gasteiger partial charge in [0, 0.05) is 6.54 Å². The fourth-order valence-electron chi connectivity index (χ4n) is 1.73. The van der Waals surface area contributed by atoms with Crippen LogP contribution in [0, 0.1) is 0 Å². The first kappa shape index (κ1) is 14.7. The maximum atomic E-state index is 11.2. The Morgan fingerprint density at radius 3 is 2.39 bits per heavy atom. The number of hydrogen-bond donors (Lipinski definition) is 2. The monoisotopic (exact) mass is 249 g/mol. The van der Waals surface area contributed by atoms with E-state index in [1.165, 1.54) is 18.1 Å². The highest BCUT2D eigenvalue weighted by atomic mass is 16.3. The summed E-state index contributed by atoms with van der Waals surface area (Å²) in [6.07, 6.45) is 1.00. The van der Waals surface area contributed by atoms with Gasteiger partial charge in [-0.25, -0.2) is 0 Å². The van der Waals surface area contributed by atoms with Crippen LogP contribution in [0.1, 0.15) is 44.2 Å². The number of rotatable bonds is 6. The number of hydrogen-bond acceptors (Lipinski definition) is 2. The summed E-state index contributed by atoms with van der Waals surface area (Å²) in [5.74, 6) is 0.278. The molecule has 0 saturated heterocycles. The molecule has 0 bridgehead atoms. The maximum absolute atomic E-state index is 11.2. The van der Waals surface area contributed by atoms with E-state index in [-0.39, 0.29) is 5.91 Å². The predicted octanol–water partition coefficient (Wildman–Crippen LogP) is 2.24. The largest absolute Gasteiger partial charge is 0.384 e. The van der Waals surface area contributed by atoms with Crippen molar-refractivity contribution < 1.29 is 9.90 Å². The number of carbonyl (C=O) groups excluding carboxylic acids is 1. The minimum absolute atomic E-state index is 0.314. The molecule has 1 aromatic carbocycles. The average molecular weight is 249 g/mol. The Balaban J connectivity index is 2.42. The molecule has 2 atom stereocenters. The molecule has 0 fully saturated rings. The van der Waals surface area contributed by atoms with Crippen LogP contribution in [0.3, 0.4) is 0 Å². The van der Waals surface area contributed by atoms with Crippen molar-refractivity contribution in [1.29, 1.82) is 0 Å². The van der Waals surface area contributed by atoms with E-state index in [1.807, 2.05) is 0 Å². The number of aliphatic hydroxyl groups excluding tert-OH is 1. The van der Waals surface area contributed by atoms with Crippen LogP contribution in [0.25, 0.3) is 0 Å². The molecule has 0 spiro atoms. The van der Waals surface area contributed by atoms with E-state index in [0.29, 0.717) is 12.5 Å². The highest BCUT2D eigenvalue weighted by Gasteiger charge is 2.07. The van der Waals surface area contributed by atoms with Crippen molar-refractivity contribution in [3.05, 3.63) is 35.4 Å². The molecule has 0 aromatic heterocycles. The van der Waals surface area contributed by atoms with E-state index in [2.05, 4.69) is 43.4 Å². The van der Waals surface area contributed by atoms with Gasteiger partial charge in [-0.3, -0.25) is 4.79 Å². The van der Waals surface area contributed by atoms with Crippen molar-refractivity contribution in [1.82, 2.24) is 5.32 Å². The fraction of sp³-hybridized carbons (Fsp3) is 0.533. The van der Waals surface area contributed by atoms with E-state index < -0.39 is 6.10 Å². The van der Waals surface area contributed by atoms with Gasteiger partial charge in [0.05, 0.1) is 0 Å². The van der Waals surface area contributed by atoms with Gasteiger partial charge in [-0.2, -0.15) is 0 Å². The third-order valence-corrected chi connectivity index (χ3v) is 3.25. The van der Waals surface area contributed by atoms with Crippen LogP contribution in [0.15, 0.2) is 24.3 Å². The molecule has 2 unspecified atom stereocenters. The lowest BCUT2D eigenvalue weighted by Gasteiger charge is -2.10. The Kier molecular flexibility index (Phi) is 5.86. The van der Waals surface area contributed by atoms with Crippen LogP contribution < -0.4 is 5.32 Å². The van der Waals surface area contributed by atoms with Gasteiger partial charge in [-0.05, 0) is 36.8 Å². The van der Waals surface area contributed by atoms with E-state index in [9.17, 15) is 4.79 Å². The number of amides is 1. The smallest absolute Gasteiger partial charge is 0.248 e. The van der Waals surface area contributed by atoms with Gasteiger partial charge in [0.1, 0.15) is 6.10 Å². The molecule has 0 heterocycles. The molecule has 0 aliphatic carbocycles. The summed E-state index contributed by atoms with van der Waals surface area (Å²) in [6.45, 7) is 6.44. The zero-order valence-electron chi connectivity index (χ0n) is 11.4. The highest BCUT2D eigenvalue weighted by molar-refractivity contribution is 5.79. The van der Waals surface area contributed by atoms with Gasteiger partial charge in [0.15, 0.2) is 0 Å². The SMILES string of the molecule is CCC(C)c1ccc(CCNC(=O)C(C)O)cc1. The quantitative estimate of drug-likeness (QED) is 0.812. The lowest BCUT2D eigenvalue weighted by atomic mass is 9.97. The van der Waals surface area contributed by atoms with E-state index in [4.69, 9.17) is 5.11 Å². The van der Waals surface area contributed by atoms with E-state index in [0.717, 1.165) is 12.8 Å². The van der Waals surface area contributed by atoms with E-state index >= 15 is 0 Å². The van der Waals surface area contributed by atoms with Gasteiger partial charge in [-0.1, -0.05) is 38.1 Å². The Morgan fingerprint density at radius 1 is 1.28 bits per heavy atom. The summed E-state index contributed by atoms with van der Waals surface area (Å²) >= 11 is 0. The number of benzene rings is 1. The second-order valence-electron chi connectivity index (χ2n) is 4.77. The molecule has 0 aliphatic rings. The topological polar surface area (TPSA) is 49.3 Å². The number of nitrogens with one attached hydrogen (secondary N) is 1. The molecule has 0 radical (unpaired) electrons. The number of carbonyl (C=O) groups is 1. The van der Waals surface area contributed by atoms with Crippen molar-refractivity contribution in [3.63, 3.8) is 0 Å². The van der Waals surface area contributed by atoms with Crippen LogP contribution in [0.5, 0.6) is 0 Å². The van der Waals surface area contributed by atoms with Crippen molar-refractivity contribution in [2.75, 3.05) is 6.54 Å². The third kappa shape index (κ3) is 4.49. The Bertz CT molecular complexity index is 371. The molecule has 1 amide bonds. The van der Waals surface area contributed by atoms with Crippen LogP contribution in [0.2, 0.25) is 0 Å². The first-order valence-corrected chi connectivity index (χ1v) is 6.59. The van der Waals surface area contributed by atoms with Gasteiger partial charge < -0.3 is 10.4 Å². The van der Waals surface area contributed by atoms with Gasteiger partial charge in [0.2, 0.25) is 5.91 Å². The Hall–Kier alpha value is -1.35. The molecule has 1 aromatic rings. The van der Waals surface area contributed by atoms with Crippen molar-refractivity contribution in [3.8, 4) is 0 Å². The average Bonchev–Trinajstić information content (AvgIpc) is 2.38. The maximum Gasteiger partial charge on any atom is 0.248 e. The minimum Gasteiger partial charge on any atom is -0.384 e. The second-order valence-corrected chi connectivity index (χ2v) is 4.77. The van der Waals surface area contributed by atoms with E-state index in [1.54, 1.807) is 0 Å². The standard InChI is InChI=1S/C15H23NO2/c1-4-11(2)14-7-5-13(6-8-14)9-10-16-15(18)12(3)17/h5-8,11-12,17H,4,9-10H2,1-3H3,(H,16,18). The van der Waals surface area contributed by atoms with Crippen LogP contribution in [-0.2, 0) is 11.2 Å². The molecule has 1 rings (SSSR count). The summed E-state index contributed by atoms with van der Waals surface area (Å²) in [4.78, 5) is 11.2. The summed E-state index contributed by atoms with van der Waals surface area (Å²) in [5.41, 5.74) is 2.56. The molecular weight excluding hydrogens is 226 g/mol. The molecule has 3 heteroatoms. The normalized spacial score (nSPS) is 14.0. The second kappa shape index (κ2) is 7.17. The molecule has 18 heavy (non-hydrogen) atoms. The Labute approximate surface area is 109 Å². The minimum atomic E-state index is -0.933. The first-order valence-electron chi connectivity index (χ1n) is 6.59. The fourth-order valence-corrected chi connectivity index (χ4v) is 1.73. The first-order chi connectivity index (χ1) is 8.54. The van der Waals surface area contributed by atoms with Crippen LogP contribution in [0.4, 0.5) is 0 Å². The Morgan fingerprint density at radius 2 is 1.89 bits per heavy atom. The lowest BCUT2D eigenvalue weighted by molar-refractivity contribution is -0.128. The summed E-state index contributed by atoms with van der Waals surface area (Å²) in [7, 11) is 0. The molecular formula is C15H23NO2. The zero-order chi connectivity index (χ0) is 13.5. The summed E-state index contributed by atoms with van der Waals surface area (Å²) in [6, 6.07) is 8.52. The molecule has 2 N–H and O–H groups in total.